The highest BCUT2D eigenvalue weighted by Gasteiger charge is 2.15. The fraction of sp³-hybridized carbons (Fsp3) is 0.143. The maximum absolute atomic E-state index is 12.8. The van der Waals surface area contributed by atoms with Gasteiger partial charge in [0.05, 0.1) is 5.69 Å². The topological polar surface area (TPSA) is 66.5 Å². The summed E-state index contributed by atoms with van der Waals surface area (Å²) >= 11 is 0. The number of aryl methyl sites for hydroxylation is 1. The minimum absolute atomic E-state index is 0.0110. The average Bonchev–Trinajstić information content (AvgIpc) is 1.96. The lowest BCUT2D eigenvalue weighted by Gasteiger charge is -2.05. The zero-order valence-electron chi connectivity index (χ0n) is 6.58. The van der Waals surface area contributed by atoms with E-state index in [1.165, 1.54) is 6.07 Å². The molecule has 0 amide bonds. The third kappa shape index (κ3) is 1.57. The smallest absolute Gasteiger partial charge is 0.423 e. The molecule has 12 heavy (non-hydrogen) atoms. The molecule has 0 spiro atoms. The van der Waals surface area contributed by atoms with E-state index in [0.29, 0.717) is 5.56 Å². The number of hydrogen-bond acceptors (Lipinski definition) is 3. The zero-order valence-corrected chi connectivity index (χ0v) is 6.58. The van der Waals surface area contributed by atoms with Crippen molar-refractivity contribution in [1.29, 1.82) is 0 Å². The predicted molar refractivity (Wildman–Crippen MR) is 45.4 cm³/mol. The van der Waals surface area contributed by atoms with Crippen LogP contribution in [0.15, 0.2) is 12.1 Å². The molecule has 0 aromatic heterocycles. The Kier molecular flexibility index (Phi) is 2.35. The Bertz CT molecular complexity index is 304. The van der Waals surface area contributed by atoms with Gasteiger partial charge in [0.1, 0.15) is 5.82 Å². The molecule has 0 fully saturated rings. The van der Waals surface area contributed by atoms with E-state index in [2.05, 4.69) is 0 Å². The molecule has 4 N–H and O–H groups in total. The van der Waals surface area contributed by atoms with Crippen LogP contribution in [0.5, 0.6) is 0 Å². The molecular formula is C7H9BFNO2. The van der Waals surface area contributed by atoms with Gasteiger partial charge < -0.3 is 15.8 Å². The number of hydrogen-bond donors (Lipinski definition) is 3. The molecule has 1 rings (SSSR count). The van der Waals surface area contributed by atoms with Crippen molar-refractivity contribution in [2.24, 2.45) is 0 Å². The highest BCUT2D eigenvalue weighted by atomic mass is 19.1. The normalized spacial score (nSPS) is 10.0. The summed E-state index contributed by atoms with van der Waals surface area (Å²) in [6.07, 6.45) is 0. The Morgan fingerprint density at radius 2 is 2.00 bits per heavy atom. The first-order chi connectivity index (χ1) is 5.52. The lowest BCUT2D eigenvalue weighted by atomic mass is 9.77. The third-order valence-corrected chi connectivity index (χ3v) is 1.66. The molecule has 1 aromatic rings. The van der Waals surface area contributed by atoms with Gasteiger partial charge in [0.25, 0.3) is 0 Å². The Hall–Kier alpha value is -1.07. The fourth-order valence-corrected chi connectivity index (χ4v) is 0.997. The molecule has 5 heteroatoms. The summed E-state index contributed by atoms with van der Waals surface area (Å²) in [6, 6.07) is 2.39. The van der Waals surface area contributed by atoms with Crippen LogP contribution in [0.3, 0.4) is 0 Å². The zero-order chi connectivity index (χ0) is 9.30. The van der Waals surface area contributed by atoms with Crippen molar-refractivity contribution in [1.82, 2.24) is 0 Å². The summed E-state index contributed by atoms with van der Waals surface area (Å²) in [4.78, 5) is 0. The van der Waals surface area contributed by atoms with Crippen molar-refractivity contribution in [3.05, 3.63) is 23.5 Å². The lowest BCUT2D eigenvalue weighted by molar-refractivity contribution is 0.425. The summed E-state index contributed by atoms with van der Waals surface area (Å²) in [6.45, 7) is 1.63. The number of rotatable bonds is 1. The molecule has 0 atom stereocenters. The van der Waals surface area contributed by atoms with E-state index < -0.39 is 12.9 Å². The molecule has 0 aliphatic rings. The van der Waals surface area contributed by atoms with Gasteiger partial charge in [-0.3, -0.25) is 0 Å². The lowest BCUT2D eigenvalue weighted by Crippen LogP contribution is -2.32. The van der Waals surface area contributed by atoms with E-state index in [1.54, 1.807) is 6.92 Å². The predicted octanol–water partition coefficient (Wildman–Crippen LogP) is -0.604. The first-order valence-corrected chi connectivity index (χ1v) is 3.44. The van der Waals surface area contributed by atoms with Crippen LogP contribution < -0.4 is 11.2 Å². The number of nitrogens with two attached hydrogens (primary N) is 1. The summed E-state index contributed by atoms with van der Waals surface area (Å²) in [7, 11) is -1.65. The summed E-state index contributed by atoms with van der Waals surface area (Å²) in [5, 5.41) is 17.5. The monoisotopic (exact) mass is 169 g/mol. The average molecular weight is 169 g/mol. The second-order valence-electron chi connectivity index (χ2n) is 2.60. The van der Waals surface area contributed by atoms with E-state index in [-0.39, 0.29) is 11.2 Å². The van der Waals surface area contributed by atoms with Gasteiger partial charge in [-0.05, 0) is 30.1 Å². The van der Waals surface area contributed by atoms with Gasteiger partial charge in [-0.1, -0.05) is 0 Å². The van der Waals surface area contributed by atoms with Gasteiger partial charge >= 0.3 is 7.12 Å². The number of anilines is 1. The molecule has 0 unspecified atom stereocenters. The van der Waals surface area contributed by atoms with E-state index in [4.69, 9.17) is 15.8 Å². The Balaban J connectivity index is 3.23. The maximum Gasteiger partial charge on any atom is 0.488 e. The molecule has 1 aromatic carbocycles. The van der Waals surface area contributed by atoms with Crippen LogP contribution in [-0.4, -0.2) is 17.2 Å². The van der Waals surface area contributed by atoms with Crippen molar-refractivity contribution >= 4 is 18.3 Å². The molecule has 0 radical (unpaired) electrons. The number of nitrogen functional groups attached to an aromatic ring is 1. The number of benzene rings is 1. The molecular weight excluding hydrogens is 160 g/mol. The summed E-state index contributed by atoms with van der Waals surface area (Å²) < 4.78 is 12.8. The van der Waals surface area contributed by atoms with E-state index in [0.717, 1.165) is 6.07 Å². The van der Waals surface area contributed by atoms with E-state index >= 15 is 0 Å². The molecule has 0 saturated carbocycles. The largest absolute Gasteiger partial charge is 0.488 e. The van der Waals surface area contributed by atoms with Crippen LogP contribution in [0.25, 0.3) is 0 Å². The van der Waals surface area contributed by atoms with Crippen molar-refractivity contribution in [3.63, 3.8) is 0 Å². The molecule has 0 heterocycles. The molecule has 0 aliphatic carbocycles. The van der Waals surface area contributed by atoms with Crippen molar-refractivity contribution in [2.45, 2.75) is 6.92 Å². The fourth-order valence-electron chi connectivity index (χ4n) is 0.997. The standard InChI is InChI=1S/C7H9BFNO2/c1-4-2-7(10)6(9)3-5(4)8(11)12/h2-3,11-12H,10H2,1H3. The van der Waals surface area contributed by atoms with Gasteiger partial charge in [0.15, 0.2) is 0 Å². The quantitative estimate of drug-likeness (QED) is 0.388. The van der Waals surface area contributed by atoms with Crippen LogP contribution in [0.2, 0.25) is 0 Å². The van der Waals surface area contributed by atoms with Crippen LogP contribution in [0, 0.1) is 12.7 Å². The van der Waals surface area contributed by atoms with Crippen molar-refractivity contribution < 1.29 is 14.4 Å². The minimum Gasteiger partial charge on any atom is -0.423 e. The van der Waals surface area contributed by atoms with Gasteiger partial charge in [0, 0.05) is 0 Å². The molecule has 0 saturated heterocycles. The van der Waals surface area contributed by atoms with Gasteiger partial charge in [-0.25, -0.2) is 4.39 Å². The van der Waals surface area contributed by atoms with Crippen LogP contribution in [-0.2, 0) is 0 Å². The van der Waals surface area contributed by atoms with E-state index in [1.807, 2.05) is 0 Å². The Morgan fingerprint density at radius 3 is 2.50 bits per heavy atom. The second kappa shape index (κ2) is 3.12. The Morgan fingerprint density at radius 1 is 1.42 bits per heavy atom. The Labute approximate surface area is 69.8 Å². The highest BCUT2D eigenvalue weighted by Crippen LogP contribution is 2.09. The second-order valence-corrected chi connectivity index (χ2v) is 2.60. The molecule has 0 aliphatic heterocycles. The van der Waals surface area contributed by atoms with Crippen LogP contribution >= 0.6 is 0 Å². The maximum atomic E-state index is 12.8. The van der Waals surface area contributed by atoms with Crippen molar-refractivity contribution in [2.75, 3.05) is 5.73 Å². The van der Waals surface area contributed by atoms with Gasteiger partial charge in [0.2, 0.25) is 0 Å². The first-order valence-electron chi connectivity index (χ1n) is 3.44. The van der Waals surface area contributed by atoms with Gasteiger partial charge in [-0.15, -0.1) is 0 Å². The highest BCUT2D eigenvalue weighted by molar-refractivity contribution is 6.59. The number of halogens is 1. The van der Waals surface area contributed by atoms with Crippen LogP contribution in [0.4, 0.5) is 10.1 Å². The third-order valence-electron chi connectivity index (χ3n) is 1.66. The van der Waals surface area contributed by atoms with Crippen LogP contribution in [0.1, 0.15) is 5.56 Å². The minimum atomic E-state index is -1.65. The van der Waals surface area contributed by atoms with E-state index in [9.17, 15) is 4.39 Å². The summed E-state index contributed by atoms with van der Waals surface area (Å²) in [5.74, 6) is -0.635. The molecule has 3 nitrogen and oxygen atoms in total. The molecule has 64 valence electrons. The first kappa shape index (κ1) is 9.03. The van der Waals surface area contributed by atoms with Crippen molar-refractivity contribution in [3.8, 4) is 0 Å². The SMILES string of the molecule is Cc1cc(N)c(F)cc1B(O)O. The van der Waals surface area contributed by atoms with Gasteiger partial charge in [-0.2, -0.15) is 0 Å². The molecule has 0 bridgehead atoms. The summed E-state index contributed by atoms with van der Waals surface area (Å²) in [5.41, 5.74) is 5.96.